The van der Waals surface area contributed by atoms with E-state index in [-0.39, 0.29) is 25.0 Å². The summed E-state index contributed by atoms with van der Waals surface area (Å²) in [5, 5.41) is 15.2. The first kappa shape index (κ1) is 27.7. The van der Waals surface area contributed by atoms with Crippen LogP contribution in [0.3, 0.4) is 0 Å². The summed E-state index contributed by atoms with van der Waals surface area (Å²) in [4.78, 5) is 0.473. The van der Waals surface area contributed by atoms with Crippen LogP contribution in [0.5, 0.6) is 11.5 Å². The maximum absolute atomic E-state index is 14.8. The van der Waals surface area contributed by atoms with Gasteiger partial charge in [-0.05, 0) is 61.2 Å². The van der Waals surface area contributed by atoms with Gasteiger partial charge in [0.15, 0.2) is 12.0 Å². The Morgan fingerprint density at radius 2 is 1.93 bits per heavy atom. The number of hydrogen-bond acceptors (Lipinski definition) is 6. The maximum Gasteiger partial charge on any atom is 0.271 e. The fraction of sp³-hybridized carbons (Fsp3) is 0.323. The maximum atomic E-state index is 14.8. The molecule has 0 aliphatic carbocycles. The highest BCUT2D eigenvalue weighted by atomic mass is 32.1. The number of alkyl halides is 2. The number of rotatable bonds is 9. The molecule has 1 saturated heterocycles. The summed E-state index contributed by atoms with van der Waals surface area (Å²) in [6.45, 7) is 1.97. The van der Waals surface area contributed by atoms with Crippen molar-refractivity contribution in [3.05, 3.63) is 77.7 Å². The minimum Gasteiger partial charge on any atom is -0.455 e. The lowest BCUT2D eigenvalue weighted by Gasteiger charge is -2.23. The van der Waals surface area contributed by atoms with E-state index in [1.807, 2.05) is 28.9 Å². The first-order chi connectivity index (χ1) is 19.8. The van der Waals surface area contributed by atoms with Crippen molar-refractivity contribution in [1.82, 2.24) is 9.78 Å². The number of nitrogens with zero attached hydrogens (tertiary/aromatic N) is 2. The number of fused-ring (bicyclic) bond motifs is 3. The molecule has 1 atom stereocenters. The zero-order valence-electron chi connectivity index (χ0n) is 22.4. The standard InChI is InChI=1S/C31H29F3N2O4S/c1-31(33,34)25-16-20(32)7-10-22(25)30-28(40-21-8-5-19(6-9-21)18-38-15-13-37)23-11-12-26-24(29(23)41-30)17-35-36(26)27-4-2-3-14-39-27/h5-12,16-17,27,37H,2-4,13-15,18H2,1H3. The number of benzene rings is 3. The Labute approximate surface area is 238 Å². The van der Waals surface area contributed by atoms with Gasteiger partial charge in [0.05, 0.1) is 36.4 Å². The van der Waals surface area contributed by atoms with Crippen LogP contribution in [0.1, 0.15) is 43.5 Å². The fourth-order valence-corrected chi connectivity index (χ4v) is 6.46. The molecule has 0 spiro atoms. The minimum absolute atomic E-state index is 0.0583. The van der Waals surface area contributed by atoms with E-state index in [0.717, 1.165) is 58.8 Å². The molecule has 10 heteroatoms. The van der Waals surface area contributed by atoms with E-state index in [2.05, 4.69) is 5.10 Å². The van der Waals surface area contributed by atoms with Crippen molar-refractivity contribution in [2.45, 2.75) is 44.9 Å². The lowest BCUT2D eigenvalue weighted by Crippen LogP contribution is -2.18. The summed E-state index contributed by atoms with van der Waals surface area (Å²) in [6, 6.07) is 14.6. The van der Waals surface area contributed by atoms with Gasteiger partial charge in [0.2, 0.25) is 0 Å². The molecule has 1 aliphatic rings. The smallest absolute Gasteiger partial charge is 0.271 e. The summed E-state index contributed by atoms with van der Waals surface area (Å²) >= 11 is 1.32. The summed E-state index contributed by atoms with van der Waals surface area (Å²) in [7, 11) is 0. The van der Waals surface area contributed by atoms with E-state index < -0.39 is 17.3 Å². The van der Waals surface area contributed by atoms with Gasteiger partial charge < -0.3 is 19.3 Å². The largest absolute Gasteiger partial charge is 0.455 e. The number of aromatic nitrogens is 2. The molecule has 5 aromatic rings. The highest BCUT2D eigenvalue weighted by molar-refractivity contribution is 7.23. The summed E-state index contributed by atoms with van der Waals surface area (Å²) in [5.41, 5.74) is 1.58. The van der Waals surface area contributed by atoms with Crippen molar-refractivity contribution >= 4 is 32.3 Å². The second-order valence-electron chi connectivity index (χ2n) is 10.1. The normalized spacial score (nSPS) is 16.1. The third kappa shape index (κ3) is 5.57. The third-order valence-corrected chi connectivity index (χ3v) is 8.41. The molecule has 0 saturated carbocycles. The SMILES string of the molecule is CC(F)(F)c1cc(F)ccc1-c1sc2c(ccc3c2cnn3C2CCCCO2)c1Oc1ccc(COCCO)cc1. The van der Waals surface area contributed by atoms with Crippen molar-refractivity contribution in [2.24, 2.45) is 0 Å². The Morgan fingerprint density at radius 3 is 2.66 bits per heavy atom. The number of thiophene rings is 1. The lowest BCUT2D eigenvalue weighted by atomic mass is 10.00. The first-order valence-corrected chi connectivity index (χ1v) is 14.3. The molecule has 214 valence electrons. The predicted octanol–water partition coefficient (Wildman–Crippen LogP) is 8.17. The second kappa shape index (κ2) is 11.4. The first-order valence-electron chi connectivity index (χ1n) is 13.5. The van der Waals surface area contributed by atoms with Crippen LogP contribution in [0.4, 0.5) is 13.2 Å². The van der Waals surface area contributed by atoms with Crippen molar-refractivity contribution in [3.63, 3.8) is 0 Å². The van der Waals surface area contributed by atoms with E-state index in [1.54, 1.807) is 18.3 Å². The van der Waals surface area contributed by atoms with Crippen LogP contribution in [-0.4, -0.2) is 34.7 Å². The van der Waals surface area contributed by atoms with Gasteiger partial charge in [-0.3, -0.25) is 0 Å². The zero-order valence-corrected chi connectivity index (χ0v) is 23.2. The summed E-state index contributed by atoms with van der Waals surface area (Å²) in [6.07, 6.45) is 4.57. The molecule has 0 radical (unpaired) electrons. The number of halogens is 3. The average molecular weight is 583 g/mol. The number of hydrogen-bond donors (Lipinski definition) is 1. The molecule has 6 rings (SSSR count). The summed E-state index contributed by atoms with van der Waals surface area (Å²) in [5.74, 6) is -3.09. The minimum atomic E-state index is -3.28. The van der Waals surface area contributed by atoms with Gasteiger partial charge in [0.1, 0.15) is 11.6 Å². The zero-order chi connectivity index (χ0) is 28.6. The van der Waals surface area contributed by atoms with Crippen LogP contribution in [0, 0.1) is 5.82 Å². The molecular weight excluding hydrogens is 553 g/mol. The molecule has 3 heterocycles. The van der Waals surface area contributed by atoms with Crippen molar-refractivity contribution in [3.8, 4) is 21.9 Å². The monoisotopic (exact) mass is 582 g/mol. The molecule has 1 N–H and O–H groups in total. The molecule has 3 aromatic carbocycles. The van der Waals surface area contributed by atoms with Crippen LogP contribution in [0.25, 0.3) is 31.4 Å². The van der Waals surface area contributed by atoms with Crippen LogP contribution in [0.15, 0.2) is 60.8 Å². The molecule has 0 amide bonds. The number of ether oxygens (including phenoxy) is 3. The van der Waals surface area contributed by atoms with Crippen molar-refractivity contribution < 1.29 is 32.5 Å². The van der Waals surface area contributed by atoms with Crippen molar-refractivity contribution in [2.75, 3.05) is 19.8 Å². The van der Waals surface area contributed by atoms with E-state index in [0.29, 0.717) is 29.6 Å². The molecule has 2 aromatic heterocycles. The van der Waals surface area contributed by atoms with E-state index >= 15 is 0 Å². The van der Waals surface area contributed by atoms with Gasteiger partial charge in [0, 0.05) is 40.1 Å². The van der Waals surface area contributed by atoms with E-state index in [4.69, 9.17) is 19.3 Å². The van der Waals surface area contributed by atoms with Gasteiger partial charge in [-0.2, -0.15) is 5.10 Å². The highest BCUT2D eigenvalue weighted by Crippen LogP contribution is 2.51. The third-order valence-electron chi connectivity index (χ3n) is 7.16. The Hall–Kier alpha value is -3.44. The predicted molar refractivity (Wildman–Crippen MR) is 152 cm³/mol. The van der Waals surface area contributed by atoms with Crippen LogP contribution < -0.4 is 4.74 Å². The quantitative estimate of drug-likeness (QED) is 0.178. The second-order valence-corrected chi connectivity index (χ2v) is 11.2. The van der Waals surface area contributed by atoms with Crippen molar-refractivity contribution in [1.29, 1.82) is 0 Å². The molecule has 0 bridgehead atoms. The highest BCUT2D eigenvalue weighted by Gasteiger charge is 2.31. The van der Waals surface area contributed by atoms with Gasteiger partial charge in [-0.15, -0.1) is 11.3 Å². The Morgan fingerprint density at radius 1 is 1.10 bits per heavy atom. The van der Waals surface area contributed by atoms with Gasteiger partial charge in [-0.1, -0.05) is 18.2 Å². The fourth-order valence-electron chi connectivity index (χ4n) is 5.18. The van der Waals surface area contributed by atoms with E-state index in [1.165, 1.54) is 23.5 Å². The molecule has 6 nitrogen and oxygen atoms in total. The summed E-state index contributed by atoms with van der Waals surface area (Å²) < 4.78 is 64.2. The van der Waals surface area contributed by atoms with E-state index in [9.17, 15) is 13.2 Å². The molecule has 1 unspecified atom stereocenters. The van der Waals surface area contributed by atoms with Gasteiger partial charge in [0.25, 0.3) is 5.92 Å². The topological polar surface area (TPSA) is 65.7 Å². The lowest BCUT2D eigenvalue weighted by molar-refractivity contribution is -0.0366. The average Bonchev–Trinajstić information content (AvgIpc) is 3.56. The van der Waals surface area contributed by atoms with Crippen LogP contribution in [-0.2, 0) is 22.0 Å². The van der Waals surface area contributed by atoms with Crippen LogP contribution >= 0.6 is 11.3 Å². The Balaban J connectivity index is 1.48. The Bertz CT molecular complexity index is 1670. The molecule has 1 aliphatic heterocycles. The van der Waals surface area contributed by atoms with Gasteiger partial charge in [-0.25, -0.2) is 17.9 Å². The van der Waals surface area contributed by atoms with Gasteiger partial charge >= 0.3 is 0 Å². The molecular formula is C31H29F3N2O4S. The Kier molecular flexibility index (Phi) is 7.74. The molecule has 1 fully saturated rings. The number of aliphatic hydroxyl groups excluding tert-OH is 1. The molecule has 41 heavy (non-hydrogen) atoms. The van der Waals surface area contributed by atoms with Crippen LogP contribution in [0.2, 0.25) is 0 Å². The number of aliphatic hydroxyl groups is 1.